The van der Waals surface area contributed by atoms with E-state index in [4.69, 9.17) is 9.73 Å². The molecule has 29 heavy (non-hydrogen) atoms. The van der Waals surface area contributed by atoms with Gasteiger partial charge in [0.25, 0.3) is 0 Å². The Kier molecular flexibility index (Phi) is 5.92. The largest absolute Gasteiger partial charge is 0.497 e. The summed E-state index contributed by atoms with van der Waals surface area (Å²) in [6, 6.07) is 27.2. The molecule has 0 unspecified atom stereocenters. The highest BCUT2D eigenvalue weighted by Crippen LogP contribution is 2.23. The van der Waals surface area contributed by atoms with E-state index in [9.17, 15) is 0 Å². The fourth-order valence-corrected chi connectivity index (χ4v) is 4.20. The van der Waals surface area contributed by atoms with Crippen molar-refractivity contribution in [1.82, 2.24) is 4.57 Å². The molecule has 0 aliphatic heterocycles. The first-order valence-electron chi connectivity index (χ1n) is 9.71. The van der Waals surface area contributed by atoms with E-state index in [0.717, 1.165) is 29.2 Å². The first-order chi connectivity index (χ1) is 14.2. The Morgan fingerprint density at radius 1 is 0.897 bits per heavy atom. The molecule has 4 rings (SSSR count). The van der Waals surface area contributed by atoms with Crippen LogP contribution in [0.15, 0.2) is 89.2 Å². The minimum absolute atomic E-state index is 0.840. The number of ether oxygens (including phenoxy) is 1. The Morgan fingerprint density at radius 3 is 2.31 bits per heavy atom. The standard InChI is InChI=1S/C25H24N2OS/c1-19-8-10-21(11-9-19)24-18-29-25(26-22-12-14-23(28-2)15-13-22)27(24)17-16-20-6-4-3-5-7-20/h3-15,18H,16-17H2,1-2H3. The van der Waals surface area contributed by atoms with E-state index in [1.54, 1.807) is 18.4 Å². The maximum Gasteiger partial charge on any atom is 0.190 e. The van der Waals surface area contributed by atoms with Crippen LogP contribution in [0.1, 0.15) is 11.1 Å². The van der Waals surface area contributed by atoms with Crippen molar-refractivity contribution in [1.29, 1.82) is 0 Å². The molecule has 0 N–H and O–H groups in total. The lowest BCUT2D eigenvalue weighted by atomic mass is 10.1. The molecule has 3 nitrogen and oxygen atoms in total. The zero-order chi connectivity index (χ0) is 20.1. The second-order valence-corrected chi connectivity index (χ2v) is 7.80. The second-order valence-electron chi connectivity index (χ2n) is 6.97. The molecule has 4 heteroatoms. The first kappa shape index (κ1) is 19.2. The molecule has 4 aromatic rings. The minimum atomic E-state index is 0.840. The summed E-state index contributed by atoms with van der Waals surface area (Å²) in [4.78, 5) is 5.92. The van der Waals surface area contributed by atoms with Gasteiger partial charge in [0.2, 0.25) is 0 Å². The molecule has 0 saturated carbocycles. The van der Waals surface area contributed by atoms with Gasteiger partial charge in [-0.25, -0.2) is 4.99 Å². The molecule has 0 radical (unpaired) electrons. The van der Waals surface area contributed by atoms with Gasteiger partial charge < -0.3 is 9.30 Å². The van der Waals surface area contributed by atoms with E-state index < -0.39 is 0 Å². The lowest BCUT2D eigenvalue weighted by molar-refractivity contribution is 0.415. The molecule has 146 valence electrons. The number of thiazole rings is 1. The molecule has 0 spiro atoms. The molecule has 0 atom stereocenters. The minimum Gasteiger partial charge on any atom is -0.497 e. The number of hydrogen-bond donors (Lipinski definition) is 0. The van der Waals surface area contributed by atoms with Crippen molar-refractivity contribution in [3.8, 4) is 17.0 Å². The van der Waals surface area contributed by atoms with E-state index in [0.29, 0.717) is 0 Å². The zero-order valence-corrected chi connectivity index (χ0v) is 17.5. The molecule has 3 aromatic carbocycles. The van der Waals surface area contributed by atoms with Gasteiger partial charge in [0, 0.05) is 11.9 Å². The first-order valence-corrected chi connectivity index (χ1v) is 10.6. The molecule has 1 heterocycles. The van der Waals surface area contributed by atoms with Gasteiger partial charge >= 0.3 is 0 Å². The predicted octanol–water partition coefficient (Wildman–Crippen LogP) is 6.01. The molecule has 0 aliphatic rings. The van der Waals surface area contributed by atoms with Crippen LogP contribution < -0.4 is 9.54 Å². The number of aromatic nitrogens is 1. The van der Waals surface area contributed by atoms with Crippen molar-refractivity contribution in [3.63, 3.8) is 0 Å². The highest BCUT2D eigenvalue weighted by molar-refractivity contribution is 7.07. The number of aryl methyl sites for hydroxylation is 2. The Hall–Kier alpha value is -3.11. The van der Waals surface area contributed by atoms with Crippen LogP contribution in [-0.2, 0) is 13.0 Å². The number of rotatable bonds is 6. The van der Waals surface area contributed by atoms with Gasteiger partial charge in [-0.1, -0.05) is 60.2 Å². The van der Waals surface area contributed by atoms with Gasteiger partial charge in [0.1, 0.15) is 5.75 Å². The van der Waals surface area contributed by atoms with Crippen molar-refractivity contribution >= 4 is 17.0 Å². The lowest BCUT2D eigenvalue weighted by Crippen LogP contribution is -2.17. The van der Waals surface area contributed by atoms with Crippen molar-refractivity contribution in [2.45, 2.75) is 19.9 Å². The van der Waals surface area contributed by atoms with Crippen molar-refractivity contribution in [2.24, 2.45) is 4.99 Å². The summed E-state index contributed by atoms with van der Waals surface area (Å²) >= 11 is 1.68. The molecular weight excluding hydrogens is 376 g/mol. The number of benzene rings is 3. The Labute approximate surface area is 175 Å². The molecule has 0 amide bonds. The van der Waals surface area contributed by atoms with Crippen LogP contribution >= 0.6 is 11.3 Å². The molecular formula is C25H24N2OS. The van der Waals surface area contributed by atoms with Crippen LogP contribution in [0, 0.1) is 6.92 Å². The van der Waals surface area contributed by atoms with Crippen LogP contribution in [0.2, 0.25) is 0 Å². The fourth-order valence-electron chi connectivity index (χ4n) is 3.24. The third-order valence-electron chi connectivity index (χ3n) is 4.91. The molecule has 0 aliphatic carbocycles. The van der Waals surface area contributed by atoms with Crippen LogP contribution in [0.5, 0.6) is 5.75 Å². The van der Waals surface area contributed by atoms with Gasteiger partial charge in [0.05, 0.1) is 18.5 Å². The number of hydrogen-bond acceptors (Lipinski definition) is 3. The second kappa shape index (κ2) is 8.93. The third-order valence-corrected chi connectivity index (χ3v) is 5.77. The summed E-state index contributed by atoms with van der Waals surface area (Å²) in [6.45, 7) is 3.00. The Balaban J connectivity index is 1.73. The van der Waals surface area contributed by atoms with Crippen molar-refractivity contribution < 1.29 is 4.74 Å². The van der Waals surface area contributed by atoms with E-state index in [1.165, 1.54) is 22.4 Å². The van der Waals surface area contributed by atoms with Gasteiger partial charge in [-0.15, -0.1) is 11.3 Å². The topological polar surface area (TPSA) is 26.5 Å². The van der Waals surface area contributed by atoms with Crippen LogP contribution in [0.25, 0.3) is 11.3 Å². The third kappa shape index (κ3) is 4.66. The average molecular weight is 401 g/mol. The lowest BCUT2D eigenvalue weighted by Gasteiger charge is -2.10. The normalized spacial score (nSPS) is 11.6. The summed E-state index contributed by atoms with van der Waals surface area (Å²) in [5.74, 6) is 0.840. The highest BCUT2D eigenvalue weighted by Gasteiger charge is 2.09. The van der Waals surface area contributed by atoms with E-state index in [-0.39, 0.29) is 0 Å². The number of nitrogens with zero attached hydrogens (tertiary/aromatic N) is 2. The van der Waals surface area contributed by atoms with Crippen LogP contribution in [-0.4, -0.2) is 11.7 Å². The zero-order valence-electron chi connectivity index (χ0n) is 16.7. The maximum absolute atomic E-state index is 5.26. The molecule has 0 fully saturated rings. The van der Waals surface area contributed by atoms with Crippen molar-refractivity contribution in [3.05, 3.63) is 100 Å². The average Bonchev–Trinajstić information content (AvgIpc) is 3.16. The van der Waals surface area contributed by atoms with Crippen LogP contribution in [0.3, 0.4) is 0 Å². The van der Waals surface area contributed by atoms with E-state index in [1.807, 2.05) is 24.3 Å². The summed E-state index contributed by atoms with van der Waals surface area (Å²) in [7, 11) is 1.68. The Bertz CT molecular complexity index is 1120. The van der Waals surface area contributed by atoms with Gasteiger partial charge in [-0.05, 0) is 48.7 Å². The van der Waals surface area contributed by atoms with Gasteiger partial charge in [-0.2, -0.15) is 0 Å². The van der Waals surface area contributed by atoms with Gasteiger partial charge in [0.15, 0.2) is 4.80 Å². The number of methoxy groups -OCH3 is 1. The monoisotopic (exact) mass is 400 g/mol. The summed E-state index contributed by atoms with van der Waals surface area (Å²) < 4.78 is 7.58. The maximum atomic E-state index is 5.26. The molecule has 0 bridgehead atoms. The smallest absolute Gasteiger partial charge is 0.190 e. The summed E-state index contributed by atoms with van der Waals surface area (Å²) in [6.07, 6.45) is 0.965. The Morgan fingerprint density at radius 2 is 1.62 bits per heavy atom. The quantitative estimate of drug-likeness (QED) is 0.389. The van der Waals surface area contributed by atoms with Gasteiger partial charge in [-0.3, -0.25) is 0 Å². The van der Waals surface area contributed by atoms with E-state index in [2.05, 4.69) is 71.5 Å². The summed E-state index contributed by atoms with van der Waals surface area (Å²) in [5.41, 5.74) is 5.95. The highest BCUT2D eigenvalue weighted by atomic mass is 32.1. The fraction of sp³-hybridized carbons (Fsp3) is 0.160. The SMILES string of the molecule is COc1ccc(N=c2scc(-c3ccc(C)cc3)n2CCc2ccccc2)cc1. The van der Waals surface area contributed by atoms with Crippen molar-refractivity contribution in [2.75, 3.05) is 7.11 Å². The summed E-state index contributed by atoms with van der Waals surface area (Å²) in [5, 5.41) is 2.21. The molecule has 0 saturated heterocycles. The predicted molar refractivity (Wildman–Crippen MR) is 121 cm³/mol. The van der Waals surface area contributed by atoms with E-state index >= 15 is 0 Å². The van der Waals surface area contributed by atoms with Crippen LogP contribution in [0.4, 0.5) is 5.69 Å². The molecule has 1 aromatic heterocycles.